The molecule has 5 rings (SSSR count). The van der Waals surface area contributed by atoms with Gasteiger partial charge in [-0.2, -0.15) is 8.78 Å². The number of morpholine rings is 1. The first-order valence-electron chi connectivity index (χ1n) is 13.7. The van der Waals surface area contributed by atoms with E-state index in [1.165, 1.54) is 23.1 Å². The molecule has 230 valence electrons. The van der Waals surface area contributed by atoms with Crippen LogP contribution in [-0.2, 0) is 9.53 Å². The van der Waals surface area contributed by atoms with Crippen molar-refractivity contribution in [3.8, 4) is 23.0 Å². The third-order valence-corrected chi connectivity index (χ3v) is 6.98. The van der Waals surface area contributed by atoms with Crippen molar-refractivity contribution in [3.05, 3.63) is 65.1 Å². The summed E-state index contributed by atoms with van der Waals surface area (Å²) in [6.07, 6.45) is 1.94. The number of hydrogen-bond acceptors (Lipinski definition) is 8. The van der Waals surface area contributed by atoms with Gasteiger partial charge in [0.15, 0.2) is 23.0 Å². The highest BCUT2D eigenvalue weighted by Crippen LogP contribution is 2.37. The van der Waals surface area contributed by atoms with Crippen LogP contribution < -0.4 is 20.5 Å². The number of nitrogens with one attached hydrogen (secondary N) is 1. The van der Waals surface area contributed by atoms with E-state index in [1.54, 1.807) is 6.92 Å². The van der Waals surface area contributed by atoms with Crippen LogP contribution in [0, 0.1) is 17.6 Å². The highest BCUT2D eigenvalue weighted by Gasteiger charge is 2.33. The van der Waals surface area contributed by atoms with Crippen LogP contribution >= 0.6 is 0 Å². The van der Waals surface area contributed by atoms with Crippen LogP contribution in [0.2, 0.25) is 0 Å². The molecule has 2 amide bonds. The first-order valence-corrected chi connectivity index (χ1v) is 13.7. The summed E-state index contributed by atoms with van der Waals surface area (Å²) < 4.78 is 75.9. The lowest BCUT2D eigenvalue weighted by Crippen LogP contribution is -2.47. The van der Waals surface area contributed by atoms with Gasteiger partial charge in [0, 0.05) is 30.3 Å². The van der Waals surface area contributed by atoms with E-state index < -0.39 is 42.1 Å². The molecule has 1 unspecified atom stereocenters. The maximum Gasteiger partial charge on any atom is 0.387 e. The van der Waals surface area contributed by atoms with E-state index in [4.69, 9.17) is 19.6 Å². The van der Waals surface area contributed by atoms with E-state index in [0.29, 0.717) is 18.6 Å². The minimum absolute atomic E-state index is 0.0409. The van der Waals surface area contributed by atoms with Crippen molar-refractivity contribution in [2.24, 2.45) is 11.7 Å². The van der Waals surface area contributed by atoms with Gasteiger partial charge < -0.3 is 34.6 Å². The molecule has 1 aliphatic heterocycles. The summed E-state index contributed by atoms with van der Waals surface area (Å²) in [5, 5.41) is 2.51. The first-order chi connectivity index (χ1) is 20.6. The van der Waals surface area contributed by atoms with Crippen molar-refractivity contribution < 1.29 is 45.8 Å². The summed E-state index contributed by atoms with van der Waals surface area (Å²) in [4.78, 5) is 32.7. The SMILES string of the molecule is C[C@H](N)c1oc(-c2ccc(OC(F)F)c(OCC3CC3)c2)nc1C(=O)NC(C(=O)N1CCOCC1)c1ccc(F)cc1F. The molecule has 43 heavy (non-hydrogen) atoms. The maximum atomic E-state index is 14.9. The van der Waals surface area contributed by atoms with Gasteiger partial charge in [-0.15, -0.1) is 0 Å². The number of nitrogens with two attached hydrogens (primary N) is 1. The Bertz CT molecular complexity index is 1470. The summed E-state index contributed by atoms with van der Waals surface area (Å²) in [7, 11) is 0. The van der Waals surface area contributed by atoms with Gasteiger partial charge in [-0.3, -0.25) is 9.59 Å². The predicted molar refractivity (Wildman–Crippen MR) is 143 cm³/mol. The van der Waals surface area contributed by atoms with Gasteiger partial charge >= 0.3 is 6.61 Å². The lowest BCUT2D eigenvalue weighted by atomic mass is 10.0. The first kappa shape index (κ1) is 30.3. The molecule has 1 saturated carbocycles. The molecule has 1 aromatic heterocycles. The van der Waals surface area contributed by atoms with E-state index in [-0.39, 0.29) is 66.3 Å². The highest BCUT2D eigenvalue weighted by molar-refractivity contribution is 5.97. The summed E-state index contributed by atoms with van der Waals surface area (Å²) in [5.41, 5.74) is 5.82. The number of aromatic nitrogens is 1. The Hall–Kier alpha value is -4.17. The number of hydrogen-bond donors (Lipinski definition) is 2. The lowest BCUT2D eigenvalue weighted by Gasteiger charge is -2.31. The zero-order valence-electron chi connectivity index (χ0n) is 23.2. The molecule has 0 bridgehead atoms. The van der Waals surface area contributed by atoms with Crippen LogP contribution in [-0.4, -0.2) is 61.2 Å². The fraction of sp³-hybridized carbons (Fsp3) is 0.414. The average molecular weight is 607 g/mol. The summed E-state index contributed by atoms with van der Waals surface area (Å²) >= 11 is 0. The number of nitrogens with zero attached hydrogens (tertiary/aromatic N) is 2. The highest BCUT2D eigenvalue weighted by atomic mass is 19.3. The molecule has 2 atom stereocenters. The smallest absolute Gasteiger partial charge is 0.387 e. The Morgan fingerprint density at radius 2 is 1.86 bits per heavy atom. The third-order valence-electron chi connectivity index (χ3n) is 6.98. The number of oxazole rings is 1. The van der Waals surface area contributed by atoms with Gasteiger partial charge in [0.2, 0.25) is 11.8 Å². The summed E-state index contributed by atoms with van der Waals surface area (Å²) in [5.74, 6) is -3.34. The predicted octanol–water partition coefficient (Wildman–Crippen LogP) is 4.36. The number of rotatable bonds is 11. The zero-order chi connectivity index (χ0) is 30.7. The van der Waals surface area contributed by atoms with Gasteiger partial charge in [-0.1, -0.05) is 6.07 Å². The molecule has 2 fully saturated rings. The van der Waals surface area contributed by atoms with Crippen LogP contribution in [0.3, 0.4) is 0 Å². The van der Waals surface area contributed by atoms with Crippen LogP contribution in [0.5, 0.6) is 11.5 Å². The number of halogens is 4. The normalized spacial score (nSPS) is 16.6. The van der Waals surface area contributed by atoms with Crippen molar-refractivity contribution >= 4 is 11.8 Å². The Balaban J connectivity index is 1.46. The van der Waals surface area contributed by atoms with Crippen LogP contribution in [0.25, 0.3) is 11.5 Å². The van der Waals surface area contributed by atoms with Crippen LogP contribution in [0.4, 0.5) is 17.6 Å². The Labute approximate surface area is 244 Å². The van der Waals surface area contributed by atoms with Gasteiger partial charge in [0.25, 0.3) is 5.91 Å². The van der Waals surface area contributed by atoms with Gasteiger partial charge in [-0.05, 0) is 49.9 Å². The fourth-order valence-corrected chi connectivity index (χ4v) is 4.54. The molecule has 0 radical (unpaired) electrons. The molecule has 10 nitrogen and oxygen atoms in total. The quantitative estimate of drug-likeness (QED) is 0.308. The Morgan fingerprint density at radius 3 is 2.51 bits per heavy atom. The Morgan fingerprint density at radius 1 is 1.12 bits per heavy atom. The Kier molecular flexibility index (Phi) is 9.16. The molecule has 3 N–H and O–H groups in total. The number of amides is 2. The van der Waals surface area contributed by atoms with E-state index in [2.05, 4.69) is 15.0 Å². The molecule has 3 aromatic rings. The van der Waals surface area contributed by atoms with E-state index in [0.717, 1.165) is 25.0 Å². The van der Waals surface area contributed by atoms with Crippen molar-refractivity contribution in [1.82, 2.24) is 15.2 Å². The third kappa shape index (κ3) is 7.25. The van der Waals surface area contributed by atoms with E-state index in [9.17, 15) is 27.2 Å². The average Bonchev–Trinajstić information content (AvgIpc) is 3.70. The number of carbonyl (C=O) groups excluding carboxylic acids is 2. The second kappa shape index (κ2) is 13.0. The zero-order valence-corrected chi connectivity index (χ0v) is 23.2. The van der Waals surface area contributed by atoms with Crippen molar-refractivity contribution in [3.63, 3.8) is 0 Å². The monoisotopic (exact) mass is 606 g/mol. The van der Waals surface area contributed by atoms with Crippen molar-refractivity contribution in [1.29, 1.82) is 0 Å². The molecular weight excluding hydrogens is 576 g/mol. The largest absolute Gasteiger partial charge is 0.489 e. The number of benzene rings is 2. The lowest BCUT2D eigenvalue weighted by molar-refractivity contribution is -0.137. The van der Waals surface area contributed by atoms with E-state index in [1.807, 2.05) is 0 Å². The number of alkyl halides is 2. The van der Waals surface area contributed by atoms with Crippen LogP contribution in [0.1, 0.15) is 53.7 Å². The molecule has 2 aliphatic rings. The van der Waals surface area contributed by atoms with Crippen LogP contribution in [0.15, 0.2) is 40.8 Å². The number of carbonyl (C=O) groups is 2. The van der Waals surface area contributed by atoms with Gasteiger partial charge in [0.05, 0.1) is 25.9 Å². The van der Waals surface area contributed by atoms with Gasteiger partial charge in [0.1, 0.15) is 17.7 Å². The molecule has 14 heteroatoms. The van der Waals surface area contributed by atoms with Crippen molar-refractivity contribution in [2.45, 2.75) is 38.5 Å². The molecule has 2 heterocycles. The van der Waals surface area contributed by atoms with E-state index >= 15 is 0 Å². The summed E-state index contributed by atoms with van der Waals surface area (Å²) in [6, 6.07) is 4.39. The second-order valence-corrected chi connectivity index (χ2v) is 10.3. The fourth-order valence-electron chi connectivity index (χ4n) is 4.54. The standard InChI is InChI=1S/C29H30F4N4O6/c1-15(34)25-24(36-27(43-25)17-4-7-21(42-29(32)33)22(12-17)41-14-16-2-3-16)26(38)35-23(19-6-5-18(30)13-20(19)31)28(39)37-8-10-40-11-9-37/h4-7,12-13,15-16,23,29H,2-3,8-11,14,34H2,1H3,(H,35,38)/t15-,23?/m0/s1. The minimum atomic E-state index is -3.07. The number of ether oxygens (including phenoxy) is 3. The topological polar surface area (TPSA) is 129 Å². The molecule has 1 aliphatic carbocycles. The molecule has 0 spiro atoms. The molecule has 1 saturated heterocycles. The molecule has 2 aromatic carbocycles. The summed E-state index contributed by atoms with van der Waals surface area (Å²) in [6.45, 7) is -0.282. The molecular formula is C29H30F4N4O6. The minimum Gasteiger partial charge on any atom is -0.489 e. The van der Waals surface area contributed by atoms with Crippen molar-refractivity contribution in [2.75, 3.05) is 32.9 Å². The maximum absolute atomic E-state index is 14.9. The second-order valence-electron chi connectivity index (χ2n) is 10.3. The van der Waals surface area contributed by atoms with Gasteiger partial charge in [-0.25, -0.2) is 13.8 Å².